The molecule has 1 aliphatic heterocycles. The molecule has 0 saturated carbocycles. The molecular weight excluding hydrogens is 437 g/mol. The predicted octanol–water partition coefficient (Wildman–Crippen LogP) is 7.35. The van der Waals surface area contributed by atoms with Crippen molar-refractivity contribution in [1.29, 1.82) is 0 Å². The maximum absolute atomic E-state index is 12.7. The first-order valence-corrected chi connectivity index (χ1v) is 10.5. The molecule has 7 heteroatoms. The van der Waals surface area contributed by atoms with Crippen LogP contribution in [-0.4, -0.2) is 12.9 Å². The SMILES string of the molecule is Cl.FC(F)(F)Oc1ccccc1CNc1cccc([C@@H]2CCCCN2c2ccccc2)c1. The Kier molecular flexibility index (Phi) is 7.91. The second-order valence-electron chi connectivity index (χ2n) is 7.68. The van der Waals surface area contributed by atoms with Crippen LogP contribution in [0.2, 0.25) is 0 Å². The van der Waals surface area contributed by atoms with E-state index in [4.69, 9.17) is 0 Å². The van der Waals surface area contributed by atoms with Crippen LogP contribution in [-0.2, 0) is 6.54 Å². The zero-order valence-corrected chi connectivity index (χ0v) is 18.3. The van der Waals surface area contributed by atoms with Crippen LogP contribution in [0.1, 0.15) is 36.4 Å². The number of ether oxygens (including phenoxy) is 1. The van der Waals surface area contributed by atoms with Crippen molar-refractivity contribution in [3.05, 3.63) is 90.0 Å². The summed E-state index contributed by atoms with van der Waals surface area (Å²) in [6.07, 6.45) is -1.30. The lowest BCUT2D eigenvalue weighted by molar-refractivity contribution is -0.274. The molecule has 3 aromatic rings. The molecular formula is C25H26ClF3N2O. The number of halogens is 4. The van der Waals surface area contributed by atoms with Gasteiger partial charge in [-0.15, -0.1) is 25.6 Å². The Morgan fingerprint density at radius 1 is 0.906 bits per heavy atom. The number of anilines is 2. The number of nitrogens with zero attached hydrogens (tertiary/aromatic N) is 1. The van der Waals surface area contributed by atoms with E-state index in [2.05, 4.69) is 51.4 Å². The average Bonchev–Trinajstić information content (AvgIpc) is 2.78. The Morgan fingerprint density at radius 3 is 2.44 bits per heavy atom. The molecule has 0 amide bonds. The number of hydrogen-bond acceptors (Lipinski definition) is 3. The number of hydrogen-bond donors (Lipinski definition) is 1. The van der Waals surface area contributed by atoms with Gasteiger partial charge in [0.1, 0.15) is 5.75 Å². The smallest absolute Gasteiger partial charge is 0.405 e. The molecule has 0 unspecified atom stereocenters. The minimum atomic E-state index is -4.71. The van der Waals surface area contributed by atoms with Gasteiger partial charge in [-0.3, -0.25) is 0 Å². The fourth-order valence-corrected chi connectivity index (χ4v) is 4.13. The normalized spacial score (nSPS) is 16.2. The third kappa shape index (κ3) is 6.10. The summed E-state index contributed by atoms with van der Waals surface area (Å²) < 4.78 is 42.2. The van der Waals surface area contributed by atoms with Crippen LogP contribution in [0.4, 0.5) is 24.5 Å². The van der Waals surface area contributed by atoms with Crippen molar-refractivity contribution in [3.8, 4) is 5.75 Å². The van der Waals surface area contributed by atoms with Gasteiger partial charge in [0.05, 0.1) is 6.04 Å². The van der Waals surface area contributed by atoms with Gasteiger partial charge in [-0.1, -0.05) is 48.5 Å². The molecule has 1 saturated heterocycles. The number of nitrogens with one attached hydrogen (secondary N) is 1. The highest BCUT2D eigenvalue weighted by Crippen LogP contribution is 2.36. The van der Waals surface area contributed by atoms with Gasteiger partial charge in [-0.25, -0.2) is 0 Å². The number of para-hydroxylation sites is 2. The first-order valence-electron chi connectivity index (χ1n) is 10.5. The van der Waals surface area contributed by atoms with Crippen molar-refractivity contribution >= 4 is 23.8 Å². The van der Waals surface area contributed by atoms with Crippen molar-refractivity contribution in [2.24, 2.45) is 0 Å². The lowest BCUT2D eigenvalue weighted by Crippen LogP contribution is -2.33. The van der Waals surface area contributed by atoms with E-state index in [9.17, 15) is 13.2 Å². The van der Waals surface area contributed by atoms with Gasteiger partial charge in [-0.05, 0) is 55.2 Å². The van der Waals surface area contributed by atoms with Crippen LogP contribution in [0, 0.1) is 0 Å². The Labute approximate surface area is 192 Å². The lowest BCUT2D eigenvalue weighted by atomic mass is 9.94. The molecule has 1 N–H and O–H groups in total. The van der Waals surface area contributed by atoms with E-state index < -0.39 is 6.36 Å². The average molecular weight is 463 g/mol. The molecule has 32 heavy (non-hydrogen) atoms. The van der Waals surface area contributed by atoms with Gasteiger partial charge in [0.15, 0.2) is 0 Å². The van der Waals surface area contributed by atoms with Gasteiger partial charge in [0.2, 0.25) is 0 Å². The molecule has 0 spiro atoms. The molecule has 4 rings (SSSR count). The molecule has 0 radical (unpaired) electrons. The third-order valence-electron chi connectivity index (χ3n) is 5.54. The van der Waals surface area contributed by atoms with E-state index in [0.717, 1.165) is 18.7 Å². The first kappa shape index (κ1) is 23.8. The highest BCUT2D eigenvalue weighted by molar-refractivity contribution is 5.85. The summed E-state index contributed by atoms with van der Waals surface area (Å²) in [6, 6.07) is 25.0. The summed E-state index contributed by atoms with van der Waals surface area (Å²) in [6.45, 7) is 1.25. The molecule has 1 fully saturated rings. The summed E-state index contributed by atoms with van der Waals surface area (Å²) >= 11 is 0. The Morgan fingerprint density at radius 2 is 1.66 bits per heavy atom. The van der Waals surface area contributed by atoms with Crippen LogP contribution in [0.5, 0.6) is 5.75 Å². The maximum Gasteiger partial charge on any atom is 0.573 e. The fourth-order valence-electron chi connectivity index (χ4n) is 4.13. The Bertz CT molecular complexity index is 998. The lowest BCUT2D eigenvalue weighted by Gasteiger charge is -2.38. The molecule has 0 bridgehead atoms. The maximum atomic E-state index is 12.7. The molecule has 3 aromatic carbocycles. The van der Waals surface area contributed by atoms with Crippen LogP contribution in [0.15, 0.2) is 78.9 Å². The number of piperidine rings is 1. The molecule has 1 atom stereocenters. The van der Waals surface area contributed by atoms with Crippen molar-refractivity contribution in [2.75, 3.05) is 16.8 Å². The van der Waals surface area contributed by atoms with E-state index in [1.165, 1.54) is 36.2 Å². The standard InChI is InChI=1S/C25H25F3N2O.ClH/c26-25(27,28)31-24-15-5-4-9-20(24)18-29-21-11-8-10-19(17-21)23-14-6-7-16-30(23)22-12-2-1-3-13-22;/h1-5,8-13,15,17,23,29H,6-7,14,16,18H2;1H/t23-;/m0./s1. The third-order valence-corrected chi connectivity index (χ3v) is 5.54. The molecule has 0 aliphatic carbocycles. The number of benzene rings is 3. The second kappa shape index (κ2) is 10.6. The fraction of sp³-hybridized carbons (Fsp3) is 0.280. The first-order chi connectivity index (χ1) is 15.0. The van der Waals surface area contributed by atoms with Gasteiger partial charge >= 0.3 is 6.36 Å². The quantitative estimate of drug-likeness (QED) is 0.414. The van der Waals surface area contributed by atoms with Gasteiger partial charge < -0.3 is 15.0 Å². The zero-order chi connectivity index (χ0) is 21.7. The van der Waals surface area contributed by atoms with Gasteiger partial charge in [0, 0.05) is 30.0 Å². The summed E-state index contributed by atoms with van der Waals surface area (Å²) in [5.41, 5.74) is 3.74. The van der Waals surface area contributed by atoms with Gasteiger partial charge in [0.25, 0.3) is 0 Å². The van der Waals surface area contributed by atoms with Crippen LogP contribution >= 0.6 is 12.4 Å². The largest absolute Gasteiger partial charge is 0.573 e. The summed E-state index contributed by atoms with van der Waals surface area (Å²) in [5, 5.41) is 3.26. The highest BCUT2D eigenvalue weighted by Gasteiger charge is 2.32. The zero-order valence-electron chi connectivity index (χ0n) is 17.5. The molecule has 1 heterocycles. The Balaban J connectivity index is 0.00000289. The molecule has 1 aliphatic rings. The van der Waals surface area contributed by atoms with Crippen molar-refractivity contribution < 1.29 is 17.9 Å². The van der Waals surface area contributed by atoms with Crippen molar-refractivity contribution in [2.45, 2.75) is 38.2 Å². The minimum absolute atomic E-state index is 0. The Hall–Kier alpha value is -2.86. The minimum Gasteiger partial charge on any atom is -0.405 e. The topological polar surface area (TPSA) is 24.5 Å². The summed E-state index contributed by atoms with van der Waals surface area (Å²) in [7, 11) is 0. The second-order valence-corrected chi connectivity index (χ2v) is 7.68. The van der Waals surface area contributed by atoms with E-state index in [0.29, 0.717) is 5.56 Å². The van der Waals surface area contributed by atoms with Crippen LogP contribution in [0.3, 0.4) is 0 Å². The summed E-state index contributed by atoms with van der Waals surface area (Å²) in [4.78, 5) is 2.44. The molecule has 3 nitrogen and oxygen atoms in total. The van der Waals surface area contributed by atoms with Crippen LogP contribution < -0.4 is 15.0 Å². The van der Waals surface area contributed by atoms with Crippen LogP contribution in [0.25, 0.3) is 0 Å². The van der Waals surface area contributed by atoms with E-state index in [1.54, 1.807) is 12.1 Å². The molecule has 170 valence electrons. The number of rotatable bonds is 6. The van der Waals surface area contributed by atoms with E-state index in [1.807, 2.05) is 18.2 Å². The van der Waals surface area contributed by atoms with Crippen molar-refractivity contribution in [1.82, 2.24) is 0 Å². The number of alkyl halides is 3. The van der Waals surface area contributed by atoms with Crippen molar-refractivity contribution in [3.63, 3.8) is 0 Å². The predicted molar refractivity (Wildman–Crippen MR) is 125 cm³/mol. The monoisotopic (exact) mass is 462 g/mol. The van der Waals surface area contributed by atoms with E-state index in [-0.39, 0.29) is 30.7 Å². The highest BCUT2D eigenvalue weighted by atomic mass is 35.5. The van der Waals surface area contributed by atoms with Gasteiger partial charge in [-0.2, -0.15) is 0 Å². The van der Waals surface area contributed by atoms with E-state index >= 15 is 0 Å². The summed E-state index contributed by atoms with van der Waals surface area (Å²) in [5.74, 6) is -0.179. The molecule has 0 aromatic heterocycles.